The van der Waals surface area contributed by atoms with E-state index in [1.54, 1.807) is 0 Å². The van der Waals surface area contributed by atoms with Gasteiger partial charge in [-0.3, -0.25) is 9.69 Å². The highest BCUT2D eigenvalue weighted by atomic mass is 32.2. The van der Waals surface area contributed by atoms with E-state index in [0.29, 0.717) is 24.9 Å². The number of amides is 1. The molecular weight excluding hydrogens is 470 g/mol. The van der Waals surface area contributed by atoms with Gasteiger partial charge >= 0.3 is 0 Å². The van der Waals surface area contributed by atoms with Crippen LogP contribution in [0.1, 0.15) is 12.5 Å². The van der Waals surface area contributed by atoms with E-state index in [2.05, 4.69) is 50.0 Å². The minimum atomic E-state index is -0.0415. The number of rotatable bonds is 11. The summed E-state index contributed by atoms with van der Waals surface area (Å²) in [7, 11) is 0. The molecule has 1 saturated heterocycles. The zero-order valence-electron chi connectivity index (χ0n) is 19.1. The summed E-state index contributed by atoms with van der Waals surface area (Å²) in [4.78, 5) is 14.7. The van der Waals surface area contributed by atoms with Crippen LogP contribution in [0.2, 0.25) is 0 Å². The first-order valence-electron chi connectivity index (χ1n) is 11.3. The summed E-state index contributed by atoms with van der Waals surface area (Å²) < 4.78 is 12.2. The lowest BCUT2D eigenvalue weighted by Gasteiger charge is -2.33. The molecule has 0 saturated carbocycles. The summed E-state index contributed by atoms with van der Waals surface area (Å²) in [5.74, 6) is 1.01. The van der Waals surface area contributed by atoms with E-state index in [0.717, 1.165) is 35.4 Å². The van der Waals surface area contributed by atoms with Crippen LogP contribution in [0.25, 0.3) is 0 Å². The highest BCUT2D eigenvalue weighted by molar-refractivity contribution is 8.01. The lowest BCUT2D eigenvalue weighted by Crippen LogP contribution is -2.47. The molecule has 1 atom stereocenters. The molecular formula is C24H29N5O3S2. The Morgan fingerprint density at radius 2 is 2.03 bits per heavy atom. The summed E-state index contributed by atoms with van der Waals surface area (Å²) in [5.41, 5.74) is 2.12. The van der Waals surface area contributed by atoms with Gasteiger partial charge in [0.2, 0.25) is 11.0 Å². The van der Waals surface area contributed by atoms with E-state index in [4.69, 9.17) is 9.47 Å². The maximum absolute atomic E-state index is 12.4. The standard InChI is InChI=1S/C24H29N5O3S2/c1-2-31-21-11-7-6-10-20(21)26-23-27-28-24(34-23)33-17-22(30)25-14-19-16-29(12-13-32-19)15-18-8-4-3-5-9-18/h3-11,19H,2,12-17H2,1H3,(H,25,30)(H,26,27). The molecule has 0 bridgehead atoms. The number of carbonyl (C=O) groups is 1. The molecule has 2 N–H and O–H groups in total. The number of morpholine rings is 1. The van der Waals surface area contributed by atoms with Crippen LogP contribution in [-0.4, -0.2) is 65.7 Å². The quantitative estimate of drug-likeness (QED) is 0.385. The Morgan fingerprint density at radius 3 is 2.88 bits per heavy atom. The molecule has 3 aromatic rings. The Labute approximate surface area is 208 Å². The zero-order chi connectivity index (χ0) is 23.6. The second-order valence-electron chi connectivity index (χ2n) is 7.73. The smallest absolute Gasteiger partial charge is 0.230 e. The average Bonchev–Trinajstić information content (AvgIpc) is 3.31. The molecule has 0 aliphatic carbocycles. The van der Waals surface area contributed by atoms with Gasteiger partial charge in [-0.25, -0.2) is 0 Å². The van der Waals surface area contributed by atoms with Crippen molar-refractivity contribution in [3.8, 4) is 5.75 Å². The highest BCUT2D eigenvalue weighted by Crippen LogP contribution is 2.31. The average molecular weight is 500 g/mol. The molecule has 10 heteroatoms. The molecule has 8 nitrogen and oxygen atoms in total. The van der Waals surface area contributed by atoms with Crippen LogP contribution >= 0.6 is 23.1 Å². The number of nitrogens with one attached hydrogen (secondary N) is 2. The number of anilines is 2. The molecule has 2 aromatic carbocycles. The first kappa shape index (κ1) is 24.5. The number of aromatic nitrogens is 2. The maximum Gasteiger partial charge on any atom is 0.230 e. The van der Waals surface area contributed by atoms with Crippen LogP contribution in [0.5, 0.6) is 5.75 Å². The number of para-hydroxylation sites is 2. The summed E-state index contributed by atoms with van der Waals surface area (Å²) in [6.07, 6.45) is -0.00541. The fourth-order valence-electron chi connectivity index (χ4n) is 3.58. The molecule has 1 fully saturated rings. The molecule has 180 valence electrons. The van der Waals surface area contributed by atoms with Gasteiger partial charge in [0.1, 0.15) is 5.75 Å². The van der Waals surface area contributed by atoms with Crippen LogP contribution in [0, 0.1) is 0 Å². The number of ether oxygens (including phenoxy) is 2. The fraction of sp³-hybridized carbons (Fsp3) is 0.375. The SMILES string of the molecule is CCOc1ccccc1Nc1nnc(SCC(=O)NCC2CN(Cc3ccccc3)CCO2)s1. The van der Waals surface area contributed by atoms with Crippen LogP contribution in [0.15, 0.2) is 58.9 Å². The monoisotopic (exact) mass is 499 g/mol. The summed E-state index contributed by atoms with van der Waals surface area (Å²) >= 11 is 2.78. The van der Waals surface area contributed by atoms with Gasteiger partial charge in [0, 0.05) is 26.2 Å². The molecule has 0 spiro atoms. The Morgan fingerprint density at radius 1 is 1.21 bits per heavy atom. The van der Waals surface area contributed by atoms with Crippen LogP contribution < -0.4 is 15.4 Å². The number of nitrogens with zero attached hydrogens (tertiary/aromatic N) is 3. The van der Waals surface area contributed by atoms with Gasteiger partial charge in [0.25, 0.3) is 0 Å². The van der Waals surface area contributed by atoms with Gasteiger partial charge in [-0.05, 0) is 24.6 Å². The molecule has 4 rings (SSSR count). The zero-order valence-corrected chi connectivity index (χ0v) is 20.7. The van der Waals surface area contributed by atoms with E-state index in [1.165, 1.54) is 28.7 Å². The topological polar surface area (TPSA) is 88.6 Å². The Bertz CT molecular complexity index is 1050. The Hall–Kier alpha value is -2.66. The van der Waals surface area contributed by atoms with Gasteiger partial charge in [0.15, 0.2) is 4.34 Å². The van der Waals surface area contributed by atoms with Crippen molar-refractivity contribution in [3.05, 3.63) is 60.2 Å². The van der Waals surface area contributed by atoms with Crippen molar-refractivity contribution in [1.29, 1.82) is 0 Å². The largest absolute Gasteiger partial charge is 0.492 e. The second-order valence-corrected chi connectivity index (χ2v) is 9.93. The number of benzene rings is 2. The Balaban J connectivity index is 1.19. The first-order valence-corrected chi connectivity index (χ1v) is 13.1. The molecule has 2 heterocycles. The number of thioether (sulfide) groups is 1. The first-order chi connectivity index (χ1) is 16.7. The van der Waals surface area contributed by atoms with Crippen LogP contribution in [0.4, 0.5) is 10.8 Å². The van der Waals surface area contributed by atoms with E-state index in [9.17, 15) is 4.79 Å². The Kier molecular flexibility index (Phi) is 9.14. The van der Waals surface area contributed by atoms with E-state index >= 15 is 0 Å². The van der Waals surface area contributed by atoms with Gasteiger partial charge < -0.3 is 20.1 Å². The lowest BCUT2D eigenvalue weighted by atomic mass is 10.2. The summed E-state index contributed by atoms with van der Waals surface area (Å²) in [6, 6.07) is 18.1. The number of hydrogen-bond acceptors (Lipinski definition) is 9. The maximum atomic E-state index is 12.4. The third kappa shape index (κ3) is 7.42. The van der Waals surface area contributed by atoms with Crippen molar-refractivity contribution in [2.24, 2.45) is 0 Å². The molecule has 1 aliphatic heterocycles. The molecule has 1 aromatic heterocycles. The van der Waals surface area contributed by atoms with Crippen molar-refractivity contribution in [1.82, 2.24) is 20.4 Å². The second kappa shape index (κ2) is 12.7. The van der Waals surface area contributed by atoms with Gasteiger partial charge in [-0.2, -0.15) is 0 Å². The highest BCUT2D eigenvalue weighted by Gasteiger charge is 2.21. The van der Waals surface area contributed by atoms with Crippen molar-refractivity contribution in [3.63, 3.8) is 0 Å². The van der Waals surface area contributed by atoms with E-state index in [1.807, 2.05) is 37.3 Å². The molecule has 0 radical (unpaired) electrons. The van der Waals surface area contributed by atoms with Crippen molar-refractivity contribution in [2.75, 3.05) is 43.9 Å². The number of hydrogen-bond donors (Lipinski definition) is 2. The van der Waals surface area contributed by atoms with Crippen LogP contribution in [0.3, 0.4) is 0 Å². The minimum absolute atomic E-state index is 0.00541. The van der Waals surface area contributed by atoms with Crippen LogP contribution in [-0.2, 0) is 16.1 Å². The van der Waals surface area contributed by atoms with E-state index < -0.39 is 0 Å². The summed E-state index contributed by atoms with van der Waals surface area (Å²) in [6.45, 7) is 6.31. The van der Waals surface area contributed by atoms with E-state index in [-0.39, 0.29) is 17.8 Å². The summed E-state index contributed by atoms with van der Waals surface area (Å²) in [5, 5.41) is 15.2. The third-order valence-electron chi connectivity index (χ3n) is 5.16. The molecule has 1 amide bonds. The predicted molar refractivity (Wildman–Crippen MR) is 136 cm³/mol. The minimum Gasteiger partial charge on any atom is -0.492 e. The molecule has 34 heavy (non-hydrogen) atoms. The fourth-order valence-corrected chi connectivity index (χ4v) is 5.17. The lowest BCUT2D eigenvalue weighted by molar-refractivity contribution is -0.119. The van der Waals surface area contributed by atoms with Gasteiger partial charge in [-0.1, -0.05) is 65.6 Å². The predicted octanol–water partition coefficient (Wildman–Crippen LogP) is 3.79. The van der Waals surface area contributed by atoms with Gasteiger partial charge in [-0.15, -0.1) is 10.2 Å². The number of carbonyl (C=O) groups excluding carboxylic acids is 1. The molecule has 1 aliphatic rings. The van der Waals surface area contributed by atoms with Crippen molar-refractivity contribution in [2.45, 2.75) is 23.9 Å². The van der Waals surface area contributed by atoms with Crippen molar-refractivity contribution >= 4 is 39.8 Å². The van der Waals surface area contributed by atoms with Gasteiger partial charge in [0.05, 0.1) is 30.8 Å². The third-order valence-corrected chi connectivity index (χ3v) is 7.13. The molecule has 1 unspecified atom stereocenters. The van der Waals surface area contributed by atoms with Crippen molar-refractivity contribution < 1.29 is 14.3 Å². The normalized spacial score (nSPS) is 16.2.